The van der Waals surface area contributed by atoms with Gasteiger partial charge in [-0.05, 0) is 77.0 Å². The van der Waals surface area contributed by atoms with Gasteiger partial charge in [0.2, 0.25) is 0 Å². The minimum Gasteiger partial charge on any atom is -0.462 e. The van der Waals surface area contributed by atoms with Crippen LogP contribution in [0.1, 0.15) is 142 Å². The Bertz CT molecular complexity index is 1010. The topological polar surface area (TPSA) is 119 Å². The van der Waals surface area contributed by atoms with Crippen molar-refractivity contribution in [2.24, 2.45) is 0 Å². The zero-order valence-electron chi connectivity index (χ0n) is 29.9. The molecule has 0 aliphatic rings. The van der Waals surface area contributed by atoms with E-state index in [4.69, 9.17) is 19.3 Å². The third kappa shape index (κ3) is 36.3. The number of phosphoric acid groups is 1. The van der Waals surface area contributed by atoms with E-state index >= 15 is 0 Å². The van der Waals surface area contributed by atoms with Crippen LogP contribution in [0.15, 0.2) is 72.9 Å². The first-order chi connectivity index (χ1) is 23.3. The number of ether oxygens (including phenoxy) is 2. The standard InChI is InChI=1S/C39H65O8P/c1-3-5-7-9-11-13-15-17-19-21-23-25-27-29-31-33-38(40)45-35-37(36-46-48(42,43)44)47-39(41)34-32-30-28-26-24-22-20-18-16-14-12-10-8-6-4-2/h5-8,11-14,17-20,37H,3-4,9-10,15-16,21-36H2,1-2H3,(H2,42,43,44). The molecule has 48 heavy (non-hydrogen) atoms. The monoisotopic (exact) mass is 692 g/mol. The van der Waals surface area contributed by atoms with Gasteiger partial charge in [-0.1, -0.05) is 125 Å². The molecule has 0 aromatic rings. The van der Waals surface area contributed by atoms with Crippen molar-refractivity contribution >= 4 is 19.8 Å². The average molecular weight is 693 g/mol. The zero-order chi connectivity index (χ0) is 35.4. The van der Waals surface area contributed by atoms with Crippen LogP contribution >= 0.6 is 7.82 Å². The summed E-state index contributed by atoms with van der Waals surface area (Å²) in [6.07, 6.45) is 43.3. The molecule has 0 saturated carbocycles. The Morgan fingerprint density at radius 3 is 1.40 bits per heavy atom. The Balaban J connectivity index is 4.06. The summed E-state index contributed by atoms with van der Waals surface area (Å²) in [5, 5.41) is 0. The van der Waals surface area contributed by atoms with Gasteiger partial charge >= 0.3 is 19.8 Å². The molecule has 0 aromatic carbocycles. The van der Waals surface area contributed by atoms with Crippen molar-refractivity contribution < 1.29 is 37.9 Å². The number of esters is 2. The third-order valence-corrected chi connectivity index (χ3v) is 7.71. The van der Waals surface area contributed by atoms with Crippen LogP contribution in [0.25, 0.3) is 0 Å². The van der Waals surface area contributed by atoms with Crippen LogP contribution in [0.5, 0.6) is 0 Å². The lowest BCUT2D eigenvalue weighted by Crippen LogP contribution is -2.29. The van der Waals surface area contributed by atoms with Gasteiger partial charge in [0.1, 0.15) is 6.61 Å². The Kier molecular flexibility index (Phi) is 32.6. The van der Waals surface area contributed by atoms with Gasteiger partial charge in [-0.3, -0.25) is 14.1 Å². The molecule has 0 saturated heterocycles. The van der Waals surface area contributed by atoms with Gasteiger partial charge in [0, 0.05) is 12.8 Å². The fourth-order valence-corrected chi connectivity index (χ4v) is 4.94. The molecule has 0 aliphatic carbocycles. The molecule has 274 valence electrons. The summed E-state index contributed by atoms with van der Waals surface area (Å²) in [5.74, 6) is -0.933. The maximum atomic E-state index is 12.3. The number of hydrogen-bond acceptors (Lipinski definition) is 6. The fourth-order valence-electron chi connectivity index (χ4n) is 4.58. The van der Waals surface area contributed by atoms with Crippen LogP contribution in [-0.4, -0.2) is 41.0 Å². The van der Waals surface area contributed by atoms with Crippen molar-refractivity contribution in [3.63, 3.8) is 0 Å². The molecular weight excluding hydrogens is 627 g/mol. The second-order valence-electron chi connectivity index (χ2n) is 11.8. The normalized spacial score (nSPS) is 13.3. The van der Waals surface area contributed by atoms with Crippen molar-refractivity contribution in [3.05, 3.63) is 72.9 Å². The minimum absolute atomic E-state index is 0.184. The van der Waals surface area contributed by atoms with E-state index in [0.717, 1.165) is 103 Å². The molecule has 1 unspecified atom stereocenters. The van der Waals surface area contributed by atoms with E-state index in [-0.39, 0.29) is 19.4 Å². The third-order valence-electron chi connectivity index (χ3n) is 7.22. The minimum atomic E-state index is -4.76. The fraction of sp³-hybridized carbons (Fsp3) is 0.641. The second kappa shape index (κ2) is 34.4. The SMILES string of the molecule is CCC=CCC=CCC=CCCCCCCCC(=O)OCC(COP(=O)(O)O)OC(=O)CCCCCCCC=CCC=CCC=CCC. The van der Waals surface area contributed by atoms with Gasteiger partial charge in [-0.2, -0.15) is 0 Å². The summed E-state index contributed by atoms with van der Waals surface area (Å²) >= 11 is 0. The molecule has 8 nitrogen and oxygen atoms in total. The first-order valence-corrected chi connectivity index (χ1v) is 19.8. The number of carbonyl (C=O) groups excluding carboxylic acids is 2. The molecule has 0 heterocycles. The van der Waals surface area contributed by atoms with E-state index in [1.165, 1.54) is 0 Å². The van der Waals surface area contributed by atoms with E-state index in [1.807, 2.05) is 0 Å². The summed E-state index contributed by atoms with van der Waals surface area (Å²) < 4.78 is 26.3. The Morgan fingerprint density at radius 1 is 0.542 bits per heavy atom. The lowest BCUT2D eigenvalue weighted by Gasteiger charge is -2.18. The highest BCUT2D eigenvalue weighted by molar-refractivity contribution is 7.46. The molecule has 0 amide bonds. The maximum absolute atomic E-state index is 12.3. The molecule has 9 heteroatoms. The molecule has 2 N–H and O–H groups in total. The van der Waals surface area contributed by atoms with Crippen molar-refractivity contribution in [1.29, 1.82) is 0 Å². The van der Waals surface area contributed by atoms with Crippen molar-refractivity contribution in [2.75, 3.05) is 13.2 Å². The zero-order valence-corrected chi connectivity index (χ0v) is 30.7. The lowest BCUT2D eigenvalue weighted by atomic mass is 10.1. The smallest absolute Gasteiger partial charge is 0.462 e. The van der Waals surface area contributed by atoms with Gasteiger partial charge in [0.15, 0.2) is 6.10 Å². The number of phosphoric ester groups is 1. The van der Waals surface area contributed by atoms with Gasteiger partial charge < -0.3 is 19.3 Å². The second-order valence-corrected chi connectivity index (χ2v) is 13.0. The summed E-state index contributed by atoms with van der Waals surface area (Å²) in [6, 6.07) is 0. The van der Waals surface area contributed by atoms with Gasteiger partial charge in [0.05, 0.1) is 6.61 Å². The van der Waals surface area contributed by atoms with Crippen LogP contribution in [0, 0.1) is 0 Å². The highest BCUT2D eigenvalue weighted by atomic mass is 31.2. The average Bonchev–Trinajstić information content (AvgIpc) is 3.05. The highest BCUT2D eigenvalue weighted by Gasteiger charge is 2.22. The number of hydrogen-bond donors (Lipinski definition) is 2. The summed E-state index contributed by atoms with van der Waals surface area (Å²) in [5.41, 5.74) is 0. The van der Waals surface area contributed by atoms with Crippen LogP contribution < -0.4 is 0 Å². The lowest BCUT2D eigenvalue weighted by molar-refractivity contribution is -0.161. The molecule has 0 aromatic heterocycles. The maximum Gasteiger partial charge on any atom is 0.469 e. The van der Waals surface area contributed by atoms with E-state index in [9.17, 15) is 14.2 Å². The van der Waals surface area contributed by atoms with E-state index < -0.39 is 32.5 Å². The van der Waals surface area contributed by atoms with Crippen LogP contribution in [0.3, 0.4) is 0 Å². The van der Waals surface area contributed by atoms with E-state index in [0.29, 0.717) is 12.8 Å². The van der Waals surface area contributed by atoms with Crippen LogP contribution in [0.4, 0.5) is 0 Å². The Morgan fingerprint density at radius 2 is 0.938 bits per heavy atom. The molecule has 0 spiro atoms. The van der Waals surface area contributed by atoms with E-state index in [1.54, 1.807) is 0 Å². The Hall–Kier alpha value is -2.51. The number of rotatable bonds is 32. The van der Waals surface area contributed by atoms with Gasteiger partial charge in [0.25, 0.3) is 0 Å². The first-order valence-electron chi connectivity index (χ1n) is 18.2. The summed E-state index contributed by atoms with van der Waals surface area (Å²) in [6.45, 7) is 3.41. The predicted octanol–water partition coefficient (Wildman–Crippen LogP) is 10.7. The molecular formula is C39H65O8P. The van der Waals surface area contributed by atoms with Crippen LogP contribution in [-0.2, 0) is 28.2 Å². The number of unbranched alkanes of at least 4 members (excludes halogenated alkanes) is 10. The molecule has 1 atom stereocenters. The highest BCUT2D eigenvalue weighted by Crippen LogP contribution is 2.35. The largest absolute Gasteiger partial charge is 0.469 e. The molecule has 0 bridgehead atoms. The van der Waals surface area contributed by atoms with Crippen molar-refractivity contribution in [1.82, 2.24) is 0 Å². The summed E-state index contributed by atoms with van der Waals surface area (Å²) in [7, 11) is -4.76. The quantitative estimate of drug-likeness (QED) is 0.0309. The van der Waals surface area contributed by atoms with Gasteiger partial charge in [-0.25, -0.2) is 4.57 Å². The molecule has 0 radical (unpaired) electrons. The van der Waals surface area contributed by atoms with Crippen molar-refractivity contribution in [2.45, 2.75) is 148 Å². The predicted molar refractivity (Wildman–Crippen MR) is 197 cm³/mol. The first kappa shape index (κ1) is 45.5. The molecule has 0 rings (SSSR count). The van der Waals surface area contributed by atoms with Crippen molar-refractivity contribution in [3.8, 4) is 0 Å². The summed E-state index contributed by atoms with van der Waals surface area (Å²) in [4.78, 5) is 42.7. The Labute approximate surface area is 291 Å². The van der Waals surface area contributed by atoms with Gasteiger partial charge in [-0.15, -0.1) is 0 Å². The van der Waals surface area contributed by atoms with Crippen LogP contribution in [0.2, 0.25) is 0 Å². The number of allylic oxidation sites excluding steroid dienone is 12. The molecule has 0 fully saturated rings. The molecule has 0 aliphatic heterocycles. The number of carbonyl (C=O) groups is 2. The van der Waals surface area contributed by atoms with E-state index in [2.05, 4.69) is 91.3 Å².